The van der Waals surface area contributed by atoms with E-state index in [2.05, 4.69) is 4.98 Å². The number of rotatable bonds is 6. The van der Waals surface area contributed by atoms with Crippen molar-refractivity contribution in [2.75, 3.05) is 20.1 Å². The first kappa shape index (κ1) is 20.1. The summed E-state index contributed by atoms with van der Waals surface area (Å²) in [5.74, 6) is -0.414. The van der Waals surface area contributed by atoms with Gasteiger partial charge in [-0.25, -0.2) is 9.37 Å². The zero-order valence-electron chi connectivity index (χ0n) is 17.0. The van der Waals surface area contributed by atoms with Crippen LogP contribution in [-0.2, 0) is 22.6 Å². The lowest BCUT2D eigenvalue weighted by atomic mass is 9.95. The molecular formula is C23H25FN4O2. The van der Waals surface area contributed by atoms with Crippen LogP contribution in [0.25, 0.3) is 5.65 Å². The normalized spacial score (nSPS) is 16.8. The molecule has 1 aliphatic heterocycles. The molecule has 3 aromatic rings. The number of carbonyl (C=O) groups is 2. The molecule has 0 saturated carbocycles. The van der Waals surface area contributed by atoms with Crippen molar-refractivity contribution in [2.45, 2.75) is 25.8 Å². The van der Waals surface area contributed by atoms with Crippen LogP contribution >= 0.6 is 0 Å². The largest absolute Gasteiger partial charge is 0.342 e. The second kappa shape index (κ2) is 8.65. The Hall–Kier alpha value is -3.22. The summed E-state index contributed by atoms with van der Waals surface area (Å²) < 4.78 is 15.4. The van der Waals surface area contributed by atoms with Gasteiger partial charge in [-0.15, -0.1) is 0 Å². The third-order valence-electron chi connectivity index (χ3n) is 5.68. The minimum absolute atomic E-state index is 0.0316. The van der Waals surface area contributed by atoms with E-state index in [-0.39, 0.29) is 23.5 Å². The molecule has 1 aromatic carbocycles. The number of piperidine rings is 1. The number of imidazole rings is 1. The van der Waals surface area contributed by atoms with Gasteiger partial charge in [0.25, 0.3) is 0 Å². The molecule has 1 saturated heterocycles. The maximum atomic E-state index is 13.4. The second-order valence-corrected chi connectivity index (χ2v) is 7.83. The fourth-order valence-corrected chi connectivity index (χ4v) is 4.02. The zero-order valence-corrected chi connectivity index (χ0v) is 17.0. The monoisotopic (exact) mass is 408 g/mol. The topological polar surface area (TPSA) is 57.9 Å². The smallest absolute Gasteiger partial charge is 0.227 e. The molecule has 1 atom stereocenters. The summed E-state index contributed by atoms with van der Waals surface area (Å²) in [5, 5.41) is 0. The van der Waals surface area contributed by atoms with E-state index in [1.54, 1.807) is 29.1 Å². The van der Waals surface area contributed by atoms with Gasteiger partial charge in [0, 0.05) is 32.8 Å². The predicted octanol–water partition coefficient (Wildman–Crippen LogP) is 2.91. The SMILES string of the molecule is CN(Cc1cnc2ccccn12)C(=O)C1CCC(=O)N(CCc2cccc(F)c2)C1. The van der Waals surface area contributed by atoms with Crippen molar-refractivity contribution in [3.63, 3.8) is 0 Å². The number of nitrogens with zero attached hydrogens (tertiary/aromatic N) is 4. The third-order valence-corrected chi connectivity index (χ3v) is 5.68. The number of fused-ring (bicyclic) bond motifs is 1. The van der Waals surface area contributed by atoms with Crippen LogP contribution < -0.4 is 0 Å². The van der Waals surface area contributed by atoms with E-state index in [0.29, 0.717) is 38.9 Å². The van der Waals surface area contributed by atoms with Crippen molar-refractivity contribution in [3.05, 3.63) is 71.9 Å². The number of amides is 2. The molecule has 2 aromatic heterocycles. The summed E-state index contributed by atoms with van der Waals surface area (Å²) in [6, 6.07) is 12.2. The minimum atomic E-state index is -0.278. The Labute approximate surface area is 174 Å². The van der Waals surface area contributed by atoms with Crippen molar-refractivity contribution in [1.29, 1.82) is 0 Å². The fourth-order valence-electron chi connectivity index (χ4n) is 4.02. The van der Waals surface area contributed by atoms with Gasteiger partial charge in [-0.3, -0.25) is 9.59 Å². The van der Waals surface area contributed by atoms with E-state index < -0.39 is 0 Å². The molecule has 0 radical (unpaired) electrons. The summed E-state index contributed by atoms with van der Waals surface area (Å²) in [7, 11) is 1.79. The summed E-state index contributed by atoms with van der Waals surface area (Å²) in [5.41, 5.74) is 2.64. The molecule has 0 spiro atoms. The molecule has 1 fully saturated rings. The summed E-state index contributed by atoms with van der Waals surface area (Å²) >= 11 is 0. The molecule has 1 unspecified atom stereocenters. The molecule has 0 bridgehead atoms. The quantitative estimate of drug-likeness (QED) is 0.630. The molecule has 0 N–H and O–H groups in total. The zero-order chi connectivity index (χ0) is 21.1. The van der Waals surface area contributed by atoms with E-state index in [1.807, 2.05) is 34.9 Å². The van der Waals surface area contributed by atoms with Gasteiger partial charge in [0.1, 0.15) is 11.5 Å². The maximum Gasteiger partial charge on any atom is 0.227 e. The highest BCUT2D eigenvalue weighted by atomic mass is 19.1. The Balaban J connectivity index is 1.37. The Kier molecular flexibility index (Phi) is 5.79. The number of likely N-dealkylation sites (tertiary alicyclic amines) is 1. The molecule has 0 aliphatic carbocycles. The van der Waals surface area contributed by atoms with Crippen LogP contribution in [0.2, 0.25) is 0 Å². The van der Waals surface area contributed by atoms with Gasteiger partial charge in [-0.05, 0) is 42.7 Å². The molecule has 2 amide bonds. The highest BCUT2D eigenvalue weighted by Gasteiger charge is 2.31. The van der Waals surface area contributed by atoms with Crippen LogP contribution in [0.3, 0.4) is 0 Å². The first-order chi connectivity index (χ1) is 14.5. The predicted molar refractivity (Wildman–Crippen MR) is 111 cm³/mol. The van der Waals surface area contributed by atoms with Crippen molar-refractivity contribution >= 4 is 17.5 Å². The lowest BCUT2D eigenvalue weighted by Crippen LogP contribution is -2.46. The Morgan fingerprint density at radius 1 is 1.27 bits per heavy atom. The summed E-state index contributed by atoms with van der Waals surface area (Å²) in [6.07, 6.45) is 5.22. The molecule has 6 nitrogen and oxygen atoms in total. The first-order valence-corrected chi connectivity index (χ1v) is 10.2. The molecule has 3 heterocycles. The fraction of sp³-hybridized carbons (Fsp3) is 0.348. The third kappa shape index (κ3) is 4.35. The Morgan fingerprint density at radius 3 is 2.97 bits per heavy atom. The number of pyridine rings is 1. The van der Waals surface area contributed by atoms with Crippen molar-refractivity contribution in [2.24, 2.45) is 5.92 Å². The van der Waals surface area contributed by atoms with Crippen molar-refractivity contribution in [3.8, 4) is 0 Å². The standard InChI is InChI=1S/C23H25FN4O2/c1-26(16-20-14-25-21-7-2-3-11-28(20)21)23(30)18-8-9-22(29)27(15-18)12-10-17-5-4-6-19(24)13-17/h2-7,11,13-14,18H,8-10,12,15-16H2,1H3. The minimum Gasteiger partial charge on any atom is -0.342 e. The molecule has 7 heteroatoms. The lowest BCUT2D eigenvalue weighted by Gasteiger charge is -2.34. The van der Waals surface area contributed by atoms with Crippen LogP contribution in [0.1, 0.15) is 24.1 Å². The van der Waals surface area contributed by atoms with Crippen molar-refractivity contribution < 1.29 is 14.0 Å². The average molecular weight is 408 g/mol. The second-order valence-electron chi connectivity index (χ2n) is 7.83. The number of halogens is 1. The lowest BCUT2D eigenvalue weighted by molar-refractivity contribution is -0.142. The van der Waals surface area contributed by atoms with E-state index >= 15 is 0 Å². The number of aromatic nitrogens is 2. The van der Waals surface area contributed by atoms with Gasteiger partial charge in [-0.2, -0.15) is 0 Å². The van der Waals surface area contributed by atoms with E-state index in [9.17, 15) is 14.0 Å². The van der Waals surface area contributed by atoms with E-state index in [1.165, 1.54) is 12.1 Å². The van der Waals surface area contributed by atoms with Crippen molar-refractivity contribution in [1.82, 2.24) is 19.2 Å². The Morgan fingerprint density at radius 2 is 2.13 bits per heavy atom. The summed E-state index contributed by atoms with van der Waals surface area (Å²) in [4.78, 5) is 33.2. The number of carbonyl (C=O) groups excluding carboxylic acids is 2. The van der Waals surface area contributed by atoms with Gasteiger partial charge in [-0.1, -0.05) is 18.2 Å². The highest BCUT2D eigenvalue weighted by molar-refractivity contribution is 5.83. The Bertz CT molecular complexity index is 1060. The first-order valence-electron chi connectivity index (χ1n) is 10.2. The highest BCUT2D eigenvalue weighted by Crippen LogP contribution is 2.21. The molecular weight excluding hydrogens is 383 g/mol. The number of hydrogen-bond donors (Lipinski definition) is 0. The molecule has 156 valence electrons. The van der Waals surface area contributed by atoms with Gasteiger partial charge >= 0.3 is 0 Å². The number of hydrogen-bond acceptors (Lipinski definition) is 3. The molecule has 30 heavy (non-hydrogen) atoms. The molecule has 1 aliphatic rings. The number of benzene rings is 1. The van der Waals surface area contributed by atoms with Crippen LogP contribution in [-0.4, -0.2) is 51.1 Å². The van der Waals surface area contributed by atoms with Crippen LogP contribution in [0.15, 0.2) is 54.9 Å². The van der Waals surface area contributed by atoms with Crippen LogP contribution in [0.5, 0.6) is 0 Å². The molecule has 4 rings (SSSR count). The average Bonchev–Trinajstić information content (AvgIpc) is 3.15. The van der Waals surface area contributed by atoms with Gasteiger partial charge in [0.15, 0.2) is 0 Å². The van der Waals surface area contributed by atoms with Gasteiger partial charge in [0.05, 0.1) is 24.4 Å². The van der Waals surface area contributed by atoms with Crippen LogP contribution in [0.4, 0.5) is 4.39 Å². The van der Waals surface area contributed by atoms with E-state index in [4.69, 9.17) is 0 Å². The van der Waals surface area contributed by atoms with E-state index in [0.717, 1.165) is 16.9 Å². The maximum absolute atomic E-state index is 13.4. The van der Waals surface area contributed by atoms with Gasteiger partial charge in [0.2, 0.25) is 11.8 Å². The van der Waals surface area contributed by atoms with Gasteiger partial charge < -0.3 is 14.2 Å². The van der Waals surface area contributed by atoms with Crippen LogP contribution in [0, 0.1) is 11.7 Å². The summed E-state index contributed by atoms with van der Waals surface area (Å²) in [6.45, 7) is 1.35.